The van der Waals surface area contributed by atoms with Crippen molar-refractivity contribution in [2.45, 2.75) is 12.6 Å². The summed E-state index contributed by atoms with van der Waals surface area (Å²) >= 11 is 0. The van der Waals surface area contributed by atoms with Gasteiger partial charge in [0.05, 0.1) is 25.9 Å². The molecule has 2 unspecified atom stereocenters. The number of hydrogen-bond donors (Lipinski definition) is 2. The van der Waals surface area contributed by atoms with E-state index in [1.807, 2.05) is 0 Å². The SMILES string of the molecule is COCCn1cccc1C(=O)NC1COCC1C(=O)O. The normalized spacial score (nSPS) is 21.9. The lowest BCUT2D eigenvalue weighted by Crippen LogP contribution is -2.43. The van der Waals surface area contributed by atoms with Crippen molar-refractivity contribution in [1.82, 2.24) is 9.88 Å². The molecule has 0 bridgehead atoms. The number of aliphatic carboxylic acids is 1. The molecule has 0 aliphatic carbocycles. The van der Waals surface area contributed by atoms with Crippen molar-refractivity contribution in [2.75, 3.05) is 26.9 Å². The second-order valence-corrected chi connectivity index (χ2v) is 4.64. The van der Waals surface area contributed by atoms with E-state index in [2.05, 4.69) is 5.32 Å². The summed E-state index contributed by atoms with van der Waals surface area (Å²) in [5.74, 6) is -1.95. The molecule has 2 rings (SSSR count). The average Bonchev–Trinajstić information content (AvgIpc) is 3.04. The highest BCUT2D eigenvalue weighted by Gasteiger charge is 2.35. The van der Waals surface area contributed by atoms with Crippen molar-refractivity contribution < 1.29 is 24.2 Å². The van der Waals surface area contributed by atoms with Crippen LogP contribution in [0, 0.1) is 5.92 Å². The Labute approximate surface area is 116 Å². The first-order valence-corrected chi connectivity index (χ1v) is 6.39. The fraction of sp³-hybridized carbons (Fsp3) is 0.538. The molecule has 1 aromatic rings. The number of aromatic nitrogens is 1. The van der Waals surface area contributed by atoms with Crippen LogP contribution in [0.2, 0.25) is 0 Å². The van der Waals surface area contributed by atoms with Crippen LogP contribution in [0.5, 0.6) is 0 Å². The molecule has 1 saturated heterocycles. The number of carbonyl (C=O) groups is 2. The third-order valence-corrected chi connectivity index (χ3v) is 3.31. The van der Waals surface area contributed by atoms with Gasteiger partial charge in [0.25, 0.3) is 5.91 Å². The number of amides is 1. The zero-order valence-corrected chi connectivity index (χ0v) is 11.2. The van der Waals surface area contributed by atoms with Crippen molar-refractivity contribution in [2.24, 2.45) is 5.92 Å². The first-order valence-electron chi connectivity index (χ1n) is 6.39. The first-order chi connectivity index (χ1) is 9.63. The molecule has 20 heavy (non-hydrogen) atoms. The number of nitrogens with zero attached hydrogens (tertiary/aromatic N) is 1. The summed E-state index contributed by atoms with van der Waals surface area (Å²) < 4.78 is 11.9. The lowest BCUT2D eigenvalue weighted by molar-refractivity contribution is -0.142. The Kier molecular flexibility index (Phi) is 4.75. The standard InChI is InChI=1S/C13H18N2O5/c1-19-6-5-15-4-2-3-11(15)12(16)14-10-8-20-7-9(10)13(17)18/h2-4,9-10H,5-8H2,1H3,(H,14,16)(H,17,18). The van der Waals surface area contributed by atoms with Gasteiger partial charge in [-0.3, -0.25) is 9.59 Å². The summed E-state index contributed by atoms with van der Waals surface area (Å²) in [5.41, 5.74) is 0.484. The Bertz CT molecular complexity index is 485. The zero-order chi connectivity index (χ0) is 14.5. The molecule has 1 aliphatic rings. The van der Waals surface area contributed by atoms with Crippen LogP contribution in [-0.4, -0.2) is 54.5 Å². The van der Waals surface area contributed by atoms with E-state index in [4.69, 9.17) is 14.6 Å². The second-order valence-electron chi connectivity index (χ2n) is 4.64. The predicted molar refractivity (Wildman–Crippen MR) is 69.5 cm³/mol. The Morgan fingerprint density at radius 3 is 3.05 bits per heavy atom. The quantitative estimate of drug-likeness (QED) is 0.764. The number of methoxy groups -OCH3 is 1. The fourth-order valence-corrected chi connectivity index (χ4v) is 2.19. The van der Waals surface area contributed by atoms with E-state index in [0.29, 0.717) is 18.8 Å². The molecule has 1 fully saturated rings. The van der Waals surface area contributed by atoms with Gasteiger partial charge in [-0.15, -0.1) is 0 Å². The Balaban J connectivity index is 2.01. The van der Waals surface area contributed by atoms with Crippen LogP contribution in [0.25, 0.3) is 0 Å². The van der Waals surface area contributed by atoms with Crippen molar-refractivity contribution in [3.63, 3.8) is 0 Å². The van der Waals surface area contributed by atoms with Crippen LogP contribution in [0.15, 0.2) is 18.3 Å². The second kappa shape index (κ2) is 6.53. The average molecular weight is 282 g/mol. The van der Waals surface area contributed by atoms with Crippen LogP contribution in [0.1, 0.15) is 10.5 Å². The summed E-state index contributed by atoms with van der Waals surface area (Å²) in [6.45, 7) is 1.42. The molecule has 1 aliphatic heterocycles. The lowest BCUT2D eigenvalue weighted by Gasteiger charge is -2.16. The summed E-state index contributed by atoms with van der Waals surface area (Å²) in [6.07, 6.45) is 1.79. The van der Waals surface area contributed by atoms with Gasteiger partial charge in [0.1, 0.15) is 11.6 Å². The summed E-state index contributed by atoms with van der Waals surface area (Å²) in [4.78, 5) is 23.2. The minimum atomic E-state index is -0.956. The maximum absolute atomic E-state index is 12.2. The number of rotatable bonds is 6. The highest BCUT2D eigenvalue weighted by atomic mass is 16.5. The third kappa shape index (κ3) is 3.17. The number of carboxylic acid groups (broad SMARTS) is 1. The number of nitrogens with one attached hydrogen (secondary N) is 1. The number of ether oxygens (including phenoxy) is 2. The number of carboxylic acids is 1. The van der Waals surface area contributed by atoms with E-state index in [1.165, 1.54) is 0 Å². The van der Waals surface area contributed by atoms with Crippen LogP contribution in [0.3, 0.4) is 0 Å². The molecule has 7 heteroatoms. The van der Waals surface area contributed by atoms with Gasteiger partial charge in [0.15, 0.2) is 0 Å². The van der Waals surface area contributed by atoms with Gasteiger partial charge in [0.2, 0.25) is 0 Å². The van der Waals surface area contributed by atoms with E-state index in [9.17, 15) is 9.59 Å². The molecule has 0 spiro atoms. The van der Waals surface area contributed by atoms with Crippen LogP contribution in [-0.2, 0) is 20.8 Å². The Morgan fingerprint density at radius 2 is 2.35 bits per heavy atom. The van der Waals surface area contributed by atoms with E-state index in [1.54, 1.807) is 30.0 Å². The topological polar surface area (TPSA) is 89.8 Å². The summed E-state index contributed by atoms with van der Waals surface area (Å²) in [5, 5.41) is 11.8. The Morgan fingerprint density at radius 1 is 1.55 bits per heavy atom. The van der Waals surface area contributed by atoms with E-state index < -0.39 is 17.9 Å². The molecular weight excluding hydrogens is 264 g/mol. The highest BCUT2D eigenvalue weighted by Crippen LogP contribution is 2.15. The van der Waals surface area contributed by atoms with Gasteiger partial charge in [-0.25, -0.2) is 0 Å². The van der Waals surface area contributed by atoms with Crippen LogP contribution in [0.4, 0.5) is 0 Å². The fourth-order valence-electron chi connectivity index (χ4n) is 2.19. The molecular formula is C13H18N2O5. The van der Waals surface area contributed by atoms with Gasteiger partial charge < -0.3 is 24.5 Å². The van der Waals surface area contributed by atoms with Gasteiger partial charge in [0, 0.05) is 19.9 Å². The first kappa shape index (κ1) is 14.5. The molecule has 2 heterocycles. The highest BCUT2D eigenvalue weighted by molar-refractivity contribution is 5.93. The van der Waals surface area contributed by atoms with E-state index in [-0.39, 0.29) is 19.1 Å². The van der Waals surface area contributed by atoms with Gasteiger partial charge in [-0.05, 0) is 12.1 Å². The van der Waals surface area contributed by atoms with Gasteiger partial charge >= 0.3 is 5.97 Å². The minimum Gasteiger partial charge on any atom is -0.481 e. The summed E-state index contributed by atoms with van der Waals surface area (Å²) in [6, 6.07) is 2.96. The third-order valence-electron chi connectivity index (χ3n) is 3.31. The molecule has 0 saturated carbocycles. The van der Waals surface area contributed by atoms with E-state index >= 15 is 0 Å². The lowest BCUT2D eigenvalue weighted by atomic mass is 10.0. The molecule has 1 amide bonds. The van der Waals surface area contributed by atoms with Crippen molar-refractivity contribution >= 4 is 11.9 Å². The smallest absolute Gasteiger partial charge is 0.311 e. The van der Waals surface area contributed by atoms with E-state index in [0.717, 1.165) is 0 Å². The number of hydrogen-bond acceptors (Lipinski definition) is 4. The molecule has 110 valence electrons. The van der Waals surface area contributed by atoms with Crippen molar-refractivity contribution in [3.8, 4) is 0 Å². The molecule has 7 nitrogen and oxygen atoms in total. The van der Waals surface area contributed by atoms with Crippen molar-refractivity contribution in [1.29, 1.82) is 0 Å². The van der Waals surface area contributed by atoms with Gasteiger partial charge in [-0.2, -0.15) is 0 Å². The van der Waals surface area contributed by atoms with Gasteiger partial charge in [-0.1, -0.05) is 0 Å². The molecule has 0 radical (unpaired) electrons. The zero-order valence-electron chi connectivity index (χ0n) is 11.2. The predicted octanol–water partition coefficient (Wildman–Crippen LogP) is -0.0361. The maximum atomic E-state index is 12.2. The molecule has 2 N–H and O–H groups in total. The number of carbonyl (C=O) groups excluding carboxylic acids is 1. The molecule has 0 aromatic carbocycles. The molecule has 2 atom stereocenters. The maximum Gasteiger partial charge on any atom is 0.311 e. The summed E-state index contributed by atoms with van der Waals surface area (Å²) in [7, 11) is 1.59. The van der Waals surface area contributed by atoms with Crippen LogP contribution < -0.4 is 5.32 Å². The van der Waals surface area contributed by atoms with Crippen molar-refractivity contribution in [3.05, 3.63) is 24.0 Å². The monoisotopic (exact) mass is 282 g/mol. The molecule has 1 aromatic heterocycles. The minimum absolute atomic E-state index is 0.130. The largest absolute Gasteiger partial charge is 0.481 e. The van der Waals surface area contributed by atoms with Crippen LogP contribution >= 0.6 is 0 Å². The Hall–Kier alpha value is -1.86.